The van der Waals surface area contributed by atoms with Crippen molar-refractivity contribution in [1.82, 2.24) is 15.2 Å². The number of aromatic nitrogens is 1. The lowest BCUT2D eigenvalue weighted by Gasteiger charge is -2.17. The van der Waals surface area contributed by atoms with E-state index in [1.165, 1.54) is 46.8 Å². The van der Waals surface area contributed by atoms with E-state index < -0.39 is 0 Å². The molecule has 0 saturated carbocycles. The summed E-state index contributed by atoms with van der Waals surface area (Å²) in [6, 6.07) is 10.4. The lowest BCUT2D eigenvalue weighted by atomic mass is 10.0. The van der Waals surface area contributed by atoms with E-state index >= 15 is 0 Å². The first-order chi connectivity index (χ1) is 12.2. The highest BCUT2D eigenvalue weighted by Gasteiger charge is 2.14. The molecule has 2 aromatic rings. The van der Waals surface area contributed by atoms with Crippen molar-refractivity contribution in [2.24, 2.45) is 4.99 Å². The van der Waals surface area contributed by atoms with Crippen LogP contribution >= 0.6 is 11.3 Å². The molecule has 0 radical (unpaired) electrons. The van der Waals surface area contributed by atoms with Gasteiger partial charge in [0.1, 0.15) is 0 Å². The fraction of sp³-hybridized carbons (Fsp3) is 0.500. The van der Waals surface area contributed by atoms with Gasteiger partial charge in [-0.1, -0.05) is 30.3 Å². The topological polar surface area (TPSA) is 40.5 Å². The third-order valence-corrected chi connectivity index (χ3v) is 5.64. The number of aryl methyl sites for hydroxylation is 3. The van der Waals surface area contributed by atoms with Gasteiger partial charge >= 0.3 is 0 Å². The molecule has 3 rings (SSSR count). The molecule has 1 aromatic heterocycles. The molecule has 0 fully saturated rings. The Morgan fingerprint density at radius 1 is 1.20 bits per heavy atom. The van der Waals surface area contributed by atoms with Gasteiger partial charge in [0.25, 0.3) is 0 Å². The normalized spacial score (nSPS) is 14.2. The number of nitrogens with one attached hydrogen (secondary N) is 1. The highest BCUT2D eigenvalue weighted by molar-refractivity contribution is 7.11. The predicted molar refractivity (Wildman–Crippen MR) is 106 cm³/mol. The van der Waals surface area contributed by atoms with Crippen LogP contribution in [-0.4, -0.2) is 36.5 Å². The first kappa shape index (κ1) is 17.9. The first-order valence-electron chi connectivity index (χ1n) is 9.19. The Kier molecular flexibility index (Phi) is 6.45. The first-order valence-corrected chi connectivity index (χ1v) is 10.0. The van der Waals surface area contributed by atoms with Crippen molar-refractivity contribution in [3.05, 3.63) is 51.5 Å². The van der Waals surface area contributed by atoms with Crippen molar-refractivity contribution in [3.8, 4) is 0 Å². The molecule has 0 aliphatic heterocycles. The monoisotopic (exact) mass is 356 g/mol. The van der Waals surface area contributed by atoms with E-state index in [1.54, 1.807) is 0 Å². The minimum absolute atomic E-state index is 0.709. The number of fused-ring (bicyclic) bond motifs is 1. The summed E-state index contributed by atoms with van der Waals surface area (Å²) in [5.41, 5.74) is 2.61. The third kappa shape index (κ3) is 5.30. The molecule has 0 spiro atoms. The van der Waals surface area contributed by atoms with Crippen LogP contribution in [0.15, 0.2) is 35.3 Å². The molecular weight excluding hydrogens is 328 g/mol. The second-order valence-corrected chi connectivity index (χ2v) is 7.90. The van der Waals surface area contributed by atoms with Crippen molar-refractivity contribution in [2.45, 2.75) is 45.1 Å². The highest BCUT2D eigenvalue weighted by Crippen LogP contribution is 2.27. The standard InChI is InChI=1S/C20H28N4S/c1-24(2)20(22-15-16-9-4-3-5-10-16)21-14-8-13-19-23-17-11-6-7-12-18(17)25-19/h3-5,9-10H,6-8,11-15H2,1-2H3,(H,21,22). The molecule has 1 N–H and O–H groups in total. The van der Waals surface area contributed by atoms with Gasteiger partial charge in [-0.3, -0.25) is 0 Å². The lowest BCUT2D eigenvalue weighted by Crippen LogP contribution is -2.37. The zero-order valence-corrected chi connectivity index (χ0v) is 16.1. The van der Waals surface area contributed by atoms with Gasteiger partial charge in [0.15, 0.2) is 5.96 Å². The molecule has 1 aliphatic rings. The predicted octanol–water partition coefficient (Wildman–Crippen LogP) is 3.66. The molecule has 0 bridgehead atoms. The minimum atomic E-state index is 0.709. The summed E-state index contributed by atoms with van der Waals surface area (Å²) in [7, 11) is 4.07. The average Bonchev–Trinajstić information content (AvgIpc) is 3.04. The van der Waals surface area contributed by atoms with Crippen LogP contribution in [0.1, 0.15) is 40.4 Å². The Hall–Kier alpha value is -1.88. The second-order valence-electron chi connectivity index (χ2n) is 6.73. The Morgan fingerprint density at radius 3 is 2.76 bits per heavy atom. The summed E-state index contributed by atoms with van der Waals surface area (Å²) in [6.45, 7) is 1.64. The van der Waals surface area contributed by atoms with Gasteiger partial charge in [0.2, 0.25) is 0 Å². The van der Waals surface area contributed by atoms with E-state index in [0.717, 1.165) is 25.3 Å². The molecule has 1 aromatic carbocycles. The number of hydrogen-bond donors (Lipinski definition) is 1. The SMILES string of the molecule is CN(C)C(=NCc1ccccc1)NCCCc1nc2c(s1)CCCC2. The average molecular weight is 357 g/mol. The van der Waals surface area contributed by atoms with Gasteiger partial charge in [-0.05, 0) is 37.7 Å². The molecule has 0 atom stereocenters. The Labute approximate surface area is 155 Å². The van der Waals surface area contributed by atoms with Gasteiger partial charge in [-0.25, -0.2) is 9.98 Å². The van der Waals surface area contributed by atoms with Crippen LogP contribution in [0.3, 0.4) is 0 Å². The van der Waals surface area contributed by atoms with Crippen LogP contribution in [0.5, 0.6) is 0 Å². The van der Waals surface area contributed by atoms with Crippen LogP contribution in [0, 0.1) is 0 Å². The van der Waals surface area contributed by atoms with Crippen LogP contribution in [-0.2, 0) is 25.8 Å². The smallest absolute Gasteiger partial charge is 0.193 e. The quantitative estimate of drug-likeness (QED) is 0.488. The summed E-state index contributed by atoms with van der Waals surface area (Å²) in [5.74, 6) is 0.947. The highest BCUT2D eigenvalue weighted by atomic mass is 32.1. The van der Waals surface area contributed by atoms with Crippen LogP contribution in [0.4, 0.5) is 0 Å². The van der Waals surface area contributed by atoms with E-state index in [1.807, 2.05) is 36.4 Å². The maximum absolute atomic E-state index is 4.83. The molecule has 25 heavy (non-hydrogen) atoms. The minimum Gasteiger partial charge on any atom is -0.356 e. The van der Waals surface area contributed by atoms with Crippen LogP contribution in [0.25, 0.3) is 0 Å². The van der Waals surface area contributed by atoms with E-state index in [-0.39, 0.29) is 0 Å². The summed E-state index contributed by atoms with van der Waals surface area (Å²) >= 11 is 1.93. The molecule has 1 heterocycles. The fourth-order valence-corrected chi connectivity index (χ4v) is 4.26. The van der Waals surface area contributed by atoms with Crippen molar-refractivity contribution < 1.29 is 0 Å². The number of hydrogen-bond acceptors (Lipinski definition) is 3. The van der Waals surface area contributed by atoms with Gasteiger partial charge in [0.05, 0.1) is 17.2 Å². The van der Waals surface area contributed by atoms with Gasteiger partial charge in [-0.15, -0.1) is 11.3 Å². The maximum Gasteiger partial charge on any atom is 0.193 e. The molecule has 134 valence electrons. The lowest BCUT2D eigenvalue weighted by molar-refractivity contribution is 0.574. The van der Waals surface area contributed by atoms with E-state index in [4.69, 9.17) is 9.98 Å². The maximum atomic E-state index is 4.83. The molecular formula is C20H28N4S. The Balaban J connectivity index is 1.46. The van der Waals surface area contributed by atoms with E-state index in [9.17, 15) is 0 Å². The number of rotatable bonds is 6. The van der Waals surface area contributed by atoms with Crippen LogP contribution in [0.2, 0.25) is 0 Å². The van der Waals surface area contributed by atoms with Crippen molar-refractivity contribution in [2.75, 3.05) is 20.6 Å². The number of nitrogens with zero attached hydrogens (tertiary/aromatic N) is 3. The molecule has 1 aliphatic carbocycles. The number of guanidine groups is 1. The number of thiazole rings is 1. The zero-order chi connectivity index (χ0) is 17.5. The summed E-state index contributed by atoms with van der Waals surface area (Å²) < 4.78 is 0. The van der Waals surface area contributed by atoms with Gasteiger partial charge in [-0.2, -0.15) is 0 Å². The third-order valence-electron chi connectivity index (χ3n) is 4.42. The molecule has 0 unspecified atom stereocenters. The fourth-order valence-electron chi connectivity index (χ4n) is 3.06. The van der Waals surface area contributed by atoms with Crippen molar-refractivity contribution in [3.63, 3.8) is 0 Å². The molecule has 0 amide bonds. The van der Waals surface area contributed by atoms with E-state index in [2.05, 4.69) is 29.6 Å². The number of aliphatic imine (C=N–C) groups is 1. The summed E-state index contributed by atoms with van der Waals surface area (Å²) in [6.07, 6.45) is 7.21. The molecule has 5 heteroatoms. The largest absolute Gasteiger partial charge is 0.356 e. The zero-order valence-electron chi connectivity index (χ0n) is 15.3. The van der Waals surface area contributed by atoms with Crippen LogP contribution < -0.4 is 5.32 Å². The Bertz CT molecular complexity index is 667. The number of benzene rings is 1. The summed E-state index contributed by atoms with van der Waals surface area (Å²) in [5, 5.41) is 4.78. The molecule has 0 saturated heterocycles. The van der Waals surface area contributed by atoms with E-state index in [0.29, 0.717) is 6.54 Å². The van der Waals surface area contributed by atoms with Crippen molar-refractivity contribution in [1.29, 1.82) is 0 Å². The van der Waals surface area contributed by atoms with Gasteiger partial charge in [0, 0.05) is 31.9 Å². The summed E-state index contributed by atoms with van der Waals surface area (Å²) in [4.78, 5) is 13.1. The van der Waals surface area contributed by atoms with Gasteiger partial charge < -0.3 is 10.2 Å². The second kappa shape index (κ2) is 8.99. The van der Waals surface area contributed by atoms with Crippen molar-refractivity contribution >= 4 is 17.3 Å². The Morgan fingerprint density at radius 2 is 2.00 bits per heavy atom. The molecule has 4 nitrogen and oxygen atoms in total.